The van der Waals surface area contributed by atoms with Gasteiger partial charge in [-0.3, -0.25) is 14.5 Å². The Balaban J connectivity index is 3.14. The highest BCUT2D eigenvalue weighted by Crippen LogP contribution is 2.27. The molecule has 1 aromatic carbocycles. The Bertz CT molecular complexity index is 1070. The molecule has 278 valence electrons. The van der Waals surface area contributed by atoms with Crippen LogP contribution in [0, 0.1) is 0 Å². The molecule has 0 radical (unpaired) electrons. The summed E-state index contributed by atoms with van der Waals surface area (Å²) in [5.41, 5.74) is 12.8. The predicted octanol–water partition coefficient (Wildman–Crippen LogP) is -5.18. The third-order valence-corrected chi connectivity index (χ3v) is 9.46. The van der Waals surface area contributed by atoms with Crippen molar-refractivity contribution in [3.63, 3.8) is 0 Å². The van der Waals surface area contributed by atoms with Crippen LogP contribution in [0.1, 0.15) is 24.5 Å². The molecule has 0 amide bonds. The highest BCUT2D eigenvalue weighted by Gasteiger charge is 2.34. The summed E-state index contributed by atoms with van der Waals surface area (Å²) >= 11 is 1.89. The first kappa shape index (κ1) is 44.5. The summed E-state index contributed by atoms with van der Waals surface area (Å²) in [6.07, 6.45) is -14.3. The Labute approximate surface area is 287 Å². The molecule has 0 aromatic heterocycles. The molecule has 48 heavy (non-hydrogen) atoms. The summed E-state index contributed by atoms with van der Waals surface area (Å²) < 4.78 is 5.86. The summed E-state index contributed by atoms with van der Waals surface area (Å²) in [4.78, 5) is 25.8. The molecule has 0 spiro atoms. The van der Waals surface area contributed by atoms with Gasteiger partial charge in [-0.2, -0.15) is 0 Å². The minimum atomic E-state index is -1.94. The van der Waals surface area contributed by atoms with Gasteiger partial charge in [-0.1, -0.05) is 36.5 Å². The fraction of sp³-hybridized carbons (Fsp3) is 0.724. The number of aliphatic hydroxyl groups is 11. The zero-order chi connectivity index (χ0) is 36.6. The van der Waals surface area contributed by atoms with E-state index in [0.29, 0.717) is 23.3 Å². The lowest BCUT2D eigenvalue weighted by Crippen LogP contribution is -2.53. The predicted molar refractivity (Wildman–Crippen MR) is 177 cm³/mol. The van der Waals surface area contributed by atoms with Crippen LogP contribution in [0.3, 0.4) is 0 Å². The Hall–Kier alpha value is -1.50. The number of hydrogen-bond donors (Lipinski definition) is 13. The van der Waals surface area contributed by atoms with Crippen molar-refractivity contribution < 1.29 is 70.5 Å². The molecule has 0 aliphatic carbocycles. The fourth-order valence-corrected chi connectivity index (χ4v) is 5.96. The molecule has 0 fully saturated rings. The van der Waals surface area contributed by atoms with Crippen LogP contribution in [0.4, 0.5) is 0 Å². The molecular weight excluding hydrogens is 678 g/mol. The molecule has 0 heterocycles. The van der Waals surface area contributed by atoms with Gasteiger partial charge in [0.25, 0.3) is 0 Å². The third-order valence-electron chi connectivity index (χ3n) is 7.38. The molecule has 1 aromatic rings. The molecule has 0 aliphatic heterocycles. The van der Waals surface area contributed by atoms with E-state index >= 15 is 0 Å². The number of benzene rings is 1. The molecule has 0 saturated carbocycles. The normalized spacial score (nSPS) is 18.3. The van der Waals surface area contributed by atoms with E-state index < -0.39 is 98.9 Å². The SMILES string of the molecule is CC[C@H](N)C(=O)SCc1cc(OCCN(C[C@H](O)[C@@H](O)[C@H](O)[C@H](O)CO)C[C@H](O)[C@@H](O)[C@H](O)[C@H](O)CO)ccc1CSC(=O)[C@@H](N)CO. The number of carbonyl (C=O) groups excluding carboxylic acids is 2. The highest BCUT2D eigenvalue weighted by molar-refractivity contribution is 8.13. The lowest BCUT2D eigenvalue weighted by atomic mass is 10.0. The molecule has 0 unspecified atom stereocenters. The zero-order valence-electron chi connectivity index (χ0n) is 26.6. The van der Waals surface area contributed by atoms with Crippen LogP contribution in [-0.4, -0.2) is 178 Å². The van der Waals surface area contributed by atoms with Crippen LogP contribution >= 0.6 is 23.5 Å². The van der Waals surface area contributed by atoms with Crippen molar-refractivity contribution in [3.05, 3.63) is 29.3 Å². The molecule has 0 saturated heterocycles. The molecule has 17 nitrogen and oxygen atoms in total. The highest BCUT2D eigenvalue weighted by atomic mass is 32.2. The van der Waals surface area contributed by atoms with E-state index in [1.807, 2.05) is 0 Å². The van der Waals surface area contributed by atoms with Crippen molar-refractivity contribution in [1.29, 1.82) is 0 Å². The molecule has 0 bridgehead atoms. The number of aliphatic hydroxyl groups excluding tert-OH is 11. The van der Waals surface area contributed by atoms with Crippen LogP contribution in [-0.2, 0) is 21.1 Å². The van der Waals surface area contributed by atoms with E-state index in [9.17, 15) is 50.4 Å². The number of rotatable bonds is 24. The number of ether oxygens (including phenoxy) is 1. The second kappa shape index (κ2) is 23.1. The molecular formula is C29H51N3O14S2. The first-order chi connectivity index (χ1) is 22.6. The average molecular weight is 730 g/mol. The van der Waals surface area contributed by atoms with Gasteiger partial charge in [0, 0.05) is 31.1 Å². The van der Waals surface area contributed by atoms with Crippen molar-refractivity contribution in [2.24, 2.45) is 11.5 Å². The average Bonchev–Trinajstić information content (AvgIpc) is 3.09. The summed E-state index contributed by atoms with van der Waals surface area (Å²) in [6.45, 7) is -1.69. The Morgan fingerprint density at radius 2 is 1.17 bits per heavy atom. The fourth-order valence-electron chi connectivity index (χ4n) is 4.14. The number of nitrogens with zero attached hydrogens (tertiary/aromatic N) is 1. The van der Waals surface area contributed by atoms with Crippen molar-refractivity contribution in [2.45, 2.75) is 85.8 Å². The summed E-state index contributed by atoms with van der Waals surface area (Å²) in [5.74, 6) is 0.719. The summed E-state index contributed by atoms with van der Waals surface area (Å²) in [6, 6.07) is 3.21. The van der Waals surface area contributed by atoms with Crippen molar-refractivity contribution in [3.8, 4) is 5.75 Å². The molecule has 10 atom stereocenters. The van der Waals surface area contributed by atoms with E-state index in [1.54, 1.807) is 25.1 Å². The minimum absolute atomic E-state index is 0.0933. The standard InChI is InChI=1S/C29H51N3O14S2/c1-2-18(30)28(44)48-14-16-7-17(4-3-15(16)13-47-29(45)19(31)10-33)46-6-5-32(8-20(36)24(40)26(42)22(38)11-34)9-21(37)25(41)27(43)23(39)12-35/h3-4,7,18-27,33-43H,2,5-6,8-14,30-31H2,1H3/t18-,19-,20-,21-,22+,23+,24+,25+,26+,27+/m0/s1. The van der Waals surface area contributed by atoms with E-state index in [2.05, 4.69) is 0 Å². The van der Waals surface area contributed by atoms with Crippen LogP contribution in [0.2, 0.25) is 0 Å². The lowest BCUT2D eigenvalue weighted by molar-refractivity contribution is -0.130. The number of nitrogens with two attached hydrogens (primary N) is 2. The Morgan fingerprint density at radius 1 is 0.708 bits per heavy atom. The van der Waals surface area contributed by atoms with Crippen molar-refractivity contribution in [2.75, 3.05) is 46.1 Å². The summed E-state index contributed by atoms with van der Waals surface area (Å²) in [5, 5.41) is 108. The maximum atomic E-state index is 12.4. The van der Waals surface area contributed by atoms with Gasteiger partial charge in [0.1, 0.15) is 49.0 Å². The minimum Gasteiger partial charge on any atom is -0.492 e. The van der Waals surface area contributed by atoms with Gasteiger partial charge in [-0.15, -0.1) is 0 Å². The molecule has 19 heteroatoms. The number of hydrogen-bond acceptors (Lipinski definition) is 19. The second-order valence-electron chi connectivity index (χ2n) is 11.2. The Kier molecular flexibility index (Phi) is 21.4. The van der Waals surface area contributed by atoms with Gasteiger partial charge in [0.15, 0.2) is 0 Å². The van der Waals surface area contributed by atoms with Gasteiger partial charge in [0.2, 0.25) is 10.2 Å². The summed E-state index contributed by atoms with van der Waals surface area (Å²) in [7, 11) is 0. The topological polar surface area (TPSA) is 321 Å². The third kappa shape index (κ3) is 14.8. The van der Waals surface area contributed by atoms with Crippen LogP contribution in [0.5, 0.6) is 5.75 Å². The van der Waals surface area contributed by atoms with Crippen LogP contribution in [0.25, 0.3) is 0 Å². The first-order valence-corrected chi connectivity index (χ1v) is 17.2. The smallest absolute Gasteiger partial charge is 0.208 e. The molecule has 0 aliphatic rings. The van der Waals surface area contributed by atoms with E-state index in [0.717, 1.165) is 23.5 Å². The van der Waals surface area contributed by atoms with Crippen molar-refractivity contribution >= 4 is 33.8 Å². The Morgan fingerprint density at radius 3 is 1.62 bits per heavy atom. The largest absolute Gasteiger partial charge is 0.492 e. The maximum absolute atomic E-state index is 12.4. The van der Waals surface area contributed by atoms with Crippen molar-refractivity contribution in [1.82, 2.24) is 4.90 Å². The second-order valence-corrected chi connectivity index (χ2v) is 13.1. The van der Waals surface area contributed by atoms with E-state index in [1.165, 1.54) is 4.90 Å². The van der Waals surface area contributed by atoms with Gasteiger partial charge in [-0.25, -0.2) is 0 Å². The van der Waals surface area contributed by atoms with Crippen LogP contribution < -0.4 is 16.2 Å². The van der Waals surface area contributed by atoms with E-state index in [-0.39, 0.29) is 29.8 Å². The maximum Gasteiger partial charge on any atom is 0.208 e. The van der Waals surface area contributed by atoms with E-state index in [4.69, 9.17) is 31.5 Å². The van der Waals surface area contributed by atoms with Gasteiger partial charge in [-0.05, 0) is 29.7 Å². The van der Waals surface area contributed by atoms with Gasteiger partial charge >= 0.3 is 0 Å². The first-order valence-electron chi connectivity index (χ1n) is 15.2. The van der Waals surface area contributed by atoms with Gasteiger partial charge < -0.3 is 72.4 Å². The number of thioether (sulfide) groups is 2. The monoisotopic (exact) mass is 729 g/mol. The van der Waals surface area contributed by atoms with Crippen LogP contribution in [0.15, 0.2) is 18.2 Å². The zero-order valence-corrected chi connectivity index (χ0v) is 28.3. The lowest BCUT2D eigenvalue weighted by Gasteiger charge is -2.33. The quantitative estimate of drug-likeness (QED) is 0.0473. The molecule has 15 N–H and O–H groups in total. The van der Waals surface area contributed by atoms with Gasteiger partial charge in [0.05, 0.1) is 44.1 Å². The molecule has 1 rings (SSSR count). The number of carbonyl (C=O) groups is 2.